The second kappa shape index (κ2) is 6.31. The zero-order valence-corrected chi connectivity index (χ0v) is 13.2. The van der Waals surface area contributed by atoms with E-state index in [0.29, 0.717) is 5.69 Å². The Hall–Kier alpha value is -2.89. The molecule has 0 bridgehead atoms. The van der Waals surface area contributed by atoms with Crippen LogP contribution in [0.15, 0.2) is 53.4 Å². The molecular formula is C18H18N4O2. The maximum Gasteiger partial charge on any atom is 0.273 e. The van der Waals surface area contributed by atoms with Crippen LogP contribution < -0.4 is 5.32 Å². The van der Waals surface area contributed by atoms with E-state index in [4.69, 9.17) is 4.52 Å². The Morgan fingerprint density at radius 1 is 1.29 bits per heavy atom. The summed E-state index contributed by atoms with van der Waals surface area (Å²) in [7, 11) is 0. The van der Waals surface area contributed by atoms with Crippen LogP contribution >= 0.6 is 0 Å². The molecule has 0 aliphatic heterocycles. The summed E-state index contributed by atoms with van der Waals surface area (Å²) in [6.45, 7) is 0.750. The highest BCUT2D eigenvalue weighted by Crippen LogP contribution is 2.30. The van der Waals surface area contributed by atoms with Crippen molar-refractivity contribution in [1.82, 2.24) is 20.3 Å². The lowest BCUT2D eigenvalue weighted by molar-refractivity contribution is 0.0923. The van der Waals surface area contributed by atoms with Gasteiger partial charge >= 0.3 is 0 Å². The van der Waals surface area contributed by atoms with Crippen molar-refractivity contribution in [1.29, 1.82) is 0 Å². The van der Waals surface area contributed by atoms with E-state index in [1.165, 1.54) is 17.5 Å². The van der Waals surface area contributed by atoms with Crippen LogP contribution in [0.1, 0.15) is 46.2 Å². The second-order valence-corrected chi connectivity index (χ2v) is 5.99. The number of aromatic nitrogens is 3. The first kappa shape index (κ1) is 14.7. The average Bonchev–Trinajstić information content (AvgIpc) is 3.27. The molecule has 6 heteroatoms. The number of hydrogen-bond acceptors (Lipinski definition) is 4. The van der Waals surface area contributed by atoms with E-state index in [0.717, 1.165) is 31.4 Å². The fraction of sp³-hybridized carbons (Fsp3) is 0.278. The van der Waals surface area contributed by atoms with Gasteiger partial charge in [-0.3, -0.25) is 9.48 Å². The minimum Gasteiger partial charge on any atom is -0.364 e. The Bertz CT molecular complexity index is 824. The van der Waals surface area contributed by atoms with Gasteiger partial charge in [0, 0.05) is 17.3 Å². The Morgan fingerprint density at radius 3 is 2.96 bits per heavy atom. The summed E-state index contributed by atoms with van der Waals surface area (Å²) < 4.78 is 6.78. The summed E-state index contributed by atoms with van der Waals surface area (Å²) in [4.78, 5) is 12.2. The van der Waals surface area contributed by atoms with Gasteiger partial charge in [0.25, 0.3) is 5.91 Å². The summed E-state index contributed by atoms with van der Waals surface area (Å²) in [5, 5.41) is 11.3. The highest BCUT2D eigenvalue weighted by atomic mass is 16.5. The highest BCUT2D eigenvalue weighted by molar-refractivity contribution is 5.92. The molecule has 2 aromatic heterocycles. The number of nitrogens with zero attached hydrogens (tertiary/aromatic N) is 3. The van der Waals surface area contributed by atoms with E-state index >= 15 is 0 Å². The van der Waals surface area contributed by atoms with Crippen LogP contribution in [0.3, 0.4) is 0 Å². The van der Waals surface area contributed by atoms with Crippen molar-refractivity contribution in [2.45, 2.75) is 31.8 Å². The molecule has 6 nitrogen and oxygen atoms in total. The van der Waals surface area contributed by atoms with E-state index in [9.17, 15) is 4.79 Å². The molecule has 0 saturated heterocycles. The fourth-order valence-electron chi connectivity index (χ4n) is 3.22. The Morgan fingerprint density at radius 2 is 2.17 bits per heavy atom. The molecule has 4 rings (SSSR count). The van der Waals surface area contributed by atoms with Crippen molar-refractivity contribution in [2.24, 2.45) is 0 Å². The molecule has 0 spiro atoms. The van der Waals surface area contributed by atoms with Crippen molar-refractivity contribution >= 4 is 5.91 Å². The first-order valence-electron chi connectivity index (χ1n) is 8.11. The first-order chi connectivity index (χ1) is 11.8. The van der Waals surface area contributed by atoms with Crippen molar-refractivity contribution in [3.63, 3.8) is 0 Å². The average molecular weight is 322 g/mol. The van der Waals surface area contributed by atoms with Gasteiger partial charge in [0.05, 0.1) is 18.8 Å². The number of amides is 1. The minimum atomic E-state index is -0.211. The maximum atomic E-state index is 12.2. The Kier molecular flexibility index (Phi) is 3.86. The van der Waals surface area contributed by atoms with Gasteiger partial charge in [-0.1, -0.05) is 35.5 Å². The van der Waals surface area contributed by atoms with Gasteiger partial charge in [0.2, 0.25) is 0 Å². The van der Waals surface area contributed by atoms with Crippen molar-refractivity contribution in [2.75, 3.05) is 0 Å². The quantitative estimate of drug-likeness (QED) is 0.801. The monoisotopic (exact) mass is 322 g/mol. The van der Waals surface area contributed by atoms with Gasteiger partial charge in [0.1, 0.15) is 6.26 Å². The molecule has 2 heterocycles. The van der Waals surface area contributed by atoms with Gasteiger partial charge in [-0.15, -0.1) is 0 Å². The zero-order valence-electron chi connectivity index (χ0n) is 13.2. The molecule has 1 N–H and O–H groups in total. The van der Waals surface area contributed by atoms with Gasteiger partial charge in [-0.25, -0.2) is 0 Å². The van der Waals surface area contributed by atoms with Crippen LogP contribution in [0.5, 0.6) is 0 Å². The lowest BCUT2D eigenvalue weighted by atomic mass is 9.92. The molecule has 1 atom stereocenters. The van der Waals surface area contributed by atoms with Crippen LogP contribution in [-0.2, 0) is 13.0 Å². The number of hydrogen-bond donors (Lipinski definition) is 1. The van der Waals surface area contributed by atoms with Crippen LogP contribution in [0, 0.1) is 0 Å². The van der Waals surface area contributed by atoms with Crippen molar-refractivity contribution in [3.8, 4) is 0 Å². The lowest BCUT2D eigenvalue weighted by Gasteiger charge is -2.24. The molecule has 3 aromatic rings. The van der Waals surface area contributed by atoms with Crippen molar-refractivity contribution < 1.29 is 9.32 Å². The zero-order chi connectivity index (χ0) is 16.4. The van der Waals surface area contributed by atoms with Crippen molar-refractivity contribution in [3.05, 3.63) is 71.4 Å². The molecule has 1 aliphatic rings. The molecule has 1 aromatic carbocycles. The van der Waals surface area contributed by atoms with E-state index in [2.05, 4.69) is 27.7 Å². The van der Waals surface area contributed by atoms with E-state index < -0.39 is 0 Å². The summed E-state index contributed by atoms with van der Waals surface area (Å²) >= 11 is 0. The highest BCUT2D eigenvalue weighted by Gasteiger charge is 2.26. The second-order valence-electron chi connectivity index (χ2n) is 5.99. The summed E-state index contributed by atoms with van der Waals surface area (Å²) in [5.74, 6) is -0.211. The summed E-state index contributed by atoms with van der Waals surface area (Å²) in [6, 6.07) is 11.8. The smallest absolute Gasteiger partial charge is 0.273 e. The van der Waals surface area contributed by atoms with Crippen LogP contribution in [0.25, 0.3) is 0 Å². The molecule has 0 unspecified atom stereocenters. The molecule has 24 heavy (non-hydrogen) atoms. The number of benzene rings is 1. The van der Waals surface area contributed by atoms with E-state index in [-0.39, 0.29) is 11.9 Å². The number of nitrogens with one attached hydrogen (secondary N) is 1. The summed E-state index contributed by atoms with van der Waals surface area (Å²) in [6.07, 6.45) is 6.20. The standard InChI is InChI=1S/C18H18N4O2/c23-18(16-9-10-24-21-16)20-15-7-4-8-17-14(15)11-19-22(17)12-13-5-2-1-3-6-13/h1-3,5-6,9-11,15H,4,7-8,12H2,(H,20,23)/t15-/m0/s1. The van der Waals surface area contributed by atoms with Crippen LogP contribution in [0.2, 0.25) is 0 Å². The predicted molar refractivity (Wildman–Crippen MR) is 87.4 cm³/mol. The maximum absolute atomic E-state index is 12.2. The normalized spacial score (nSPS) is 16.6. The van der Waals surface area contributed by atoms with Crippen LogP contribution in [-0.4, -0.2) is 20.8 Å². The third-order valence-electron chi connectivity index (χ3n) is 4.41. The van der Waals surface area contributed by atoms with Gasteiger partial charge in [-0.2, -0.15) is 5.10 Å². The topological polar surface area (TPSA) is 73.0 Å². The molecule has 0 fully saturated rings. The number of carbonyl (C=O) groups excluding carboxylic acids is 1. The fourth-order valence-corrected chi connectivity index (χ4v) is 3.22. The molecular weight excluding hydrogens is 304 g/mol. The molecule has 0 radical (unpaired) electrons. The Labute approximate surface area is 139 Å². The lowest BCUT2D eigenvalue weighted by Crippen LogP contribution is -2.31. The van der Waals surface area contributed by atoms with E-state index in [1.54, 1.807) is 6.07 Å². The SMILES string of the molecule is O=C(N[C@H]1CCCc2c1cnn2Cc1ccccc1)c1ccon1. The Balaban J connectivity index is 1.54. The van der Waals surface area contributed by atoms with E-state index in [1.807, 2.05) is 29.1 Å². The summed E-state index contributed by atoms with van der Waals surface area (Å²) in [5.41, 5.74) is 3.83. The largest absolute Gasteiger partial charge is 0.364 e. The number of fused-ring (bicyclic) bond motifs is 1. The molecule has 0 saturated carbocycles. The van der Waals surface area contributed by atoms with Gasteiger partial charge in [0.15, 0.2) is 5.69 Å². The van der Waals surface area contributed by atoms with Gasteiger partial charge < -0.3 is 9.84 Å². The third-order valence-corrected chi connectivity index (χ3v) is 4.41. The molecule has 1 amide bonds. The molecule has 1 aliphatic carbocycles. The molecule has 122 valence electrons. The minimum absolute atomic E-state index is 0.0255. The number of carbonyl (C=O) groups is 1. The third kappa shape index (κ3) is 2.82. The predicted octanol–water partition coefficient (Wildman–Crippen LogP) is 2.73. The van der Waals surface area contributed by atoms with Crippen LogP contribution in [0.4, 0.5) is 0 Å². The van der Waals surface area contributed by atoms with Gasteiger partial charge in [-0.05, 0) is 24.8 Å². The number of rotatable bonds is 4. The first-order valence-corrected chi connectivity index (χ1v) is 8.11.